The molecule has 4 rings (SSSR count). The SMILES string of the molecule is Cc1ccc(S(=O)(=O)N2CCN(C(=O)C3CCN(c4ccc(C#N)cn4)CC3)CC2)cc1. The van der Waals surface area contributed by atoms with Crippen LogP contribution in [0.25, 0.3) is 0 Å². The van der Waals surface area contributed by atoms with E-state index in [0.29, 0.717) is 36.6 Å². The van der Waals surface area contributed by atoms with E-state index in [1.807, 2.05) is 13.0 Å². The lowest BCUT2D eigenvalue weighted by Gasteiger charge is -2.38. The Hall–Kier alpha value is -2.96. The summed E-state index contributed by atoms with van der Waals surface area (Å²) >= 11 is 0. The fourth-order valence-electron chi connectivity index (χ4n) is 4.26. The van der Waals surface area contributed by atoms with Crippen molar-refractivity contribution in [2.45, 2.75) is 24.7 Å². The maximum atomic E-state index is 13.0. The smallest absolute Gasteiger partial charge is 0.243 e. The summed E-state index contributed by atoms with van der Waals surface area (Å²) in [4.78, 5) is 21.6. The van der Waals surface area contributed by atoms with Crippen LogP contribution >= 0.6 is 0 Å². The Bertz CT molecular complexity index is 1090. The number of hydrogen-bond acceptors (Lipinski definition) is 6. The van der Waals surface area contributed by atoms with Crippen LogP contribution in [-0.2, 0) is 14.8 Å². The molecule has 0 bridgehead atoms. The zero-order valence-electron chi connectivity index (χ0n) is 18.1. The Labute approximate surface area is 189 Å². The summed E-state index contributed by atoms with van der Waals surface area (Å²) in [6.45, 7) is 4.86. The van der Waals surface area contributed by atoms with Crippen molar-refractivity contribution >= 4 is 21.7 Å². The number of amides is 1. The summed E-state index contributed by atoms with van der Waals surface area (Å²) in [5.74, 6) is 0.888. The van der Waals surface area contributed by atoms with E-state index in [4.69, 9.17) is 5.26 Å². The van der Waals surface area contributed by atoms with E-state index >= 15 is 0 Å². The second-order valence-electron chi connectivity index (χ2n) is 8.32. The molecule has 3 heterocycles. The first-order valence-electron chi connectivity index (χ1n) is 10.9. The summed E-state index contributed by atoms with van der Waals surface area (Å²) in [6.07, 6.45) is 3.04. The number of carbonyl (C=O) groups excluding carboxylic acids is 1. The molecule has 2 aromatic rings. The van der Waals surface area contributed by atoms with Crippen molar-refractivity contribution in [2.24, 2.45) is 5.92 Å². The molecule has 2 fully saturated rings. The van der Waals surface area contributed by atoms with Crippen molar-refractivity contribution < 1.29 is 13.2 Å². The molecule has 1 aromatic carbocycles. The largest absolute Gasteiger partial charge is 0.357 e. The summed E-state index contributed by atoms with van der Waals surface area (Å²) in [7, 11) is -3.53. The molecular weight excluding hydrogens is 426 g/mol. The van der Waals surface area contributed by atoms with Gasteiger partial charge in [0.25, 0.3) is 0 Å². The number of nitriles is 1. The highest BCUT2D eigenvalue weighted by atomic mass is 32.2. The molecule has 0 aliphatic carbocycles. The van der Waals surface area contributed by atoms with Crippen molar-refractivity contribution in [3.63, 3.8) is 0 Å². The Morgan fingerprint density at radius 3 is 2.22 bits per heavy atom. The molecule has 32 heavy (non-hydrogen) atoms. The Kier molecular flexibility index (Phi) is 6.44. The fourth-order valence-corrected chi connectivity index (χ4v) is 5.68. The predicted molar refractivity (Wildman–Crippen MR) is 120 cm³/mol. The zero-order valence-corrected chi connectivity index (χ0v) is 19.0. The third-order valence-electron chi connectivity index (χ3n) is 6.25. The van der Waals surface area contributed by atoms with Gasteiger partial charge in [0.15, 0.2) is 0 Å². The van der Waals surface area contributed by atoms with Gasteiger partial charge in [-0.1, -0.05) is 17.7 Å². The van der Waals surface area contributed by atoms with Gasteiger partial charge >= 0.3 is 0 Å². The number of aromatic nitrogens is 1. The highest BCUT2D eigenvalue weighted by Gasteiger charge is 2.34. The van der Waals surface area contributed by atoms with Crippen molar-refractivity contribution in [3.8, 4) is 6.07 Å². The lowest BCUT2D eigenvalue weighted by molar-refractivity contribution is -0.137. The Morgan fingerprint density at radius 1 is 1.00 bits per heavy atom. The molecule has 0 spiro atoms. The molecular formula is C23H27N5O3S. The van der Waals surface area contributed by atoms with Crippen LogP contribution in [0.3, 0.4) is 0 Å². The minimum Gasteiger partial charge on any atom is -0.357 e. The van der Waals surface area contributed by atoms with Crippen molar-refractivity contribution in [2.75, 3.05) is 44.2 Å². The van der Waals surface area contributed by atoms with Crippen molar-refractivity contribution in [3.05, 3.63) is 53.7 Å². The standard InChI is InChI=1S/C23H27N5O3S/c1-18-2-5-21(6-3-18)32(30,31)28-14-12-27(13-15-28)23(29)20-8-10-26(11-9-20)22-7-4-19(16-24)17-25-22/h2-7,17,20H,8-15H2,1H3. The summed E-state index contributed by atoms with van der Waals surface area (Å²) in [5.41, 5.74) is 1.54. The highest BCUT2D eigenvalue weighted by Crippen LogP contribution is 2.25. The van der Waals surface area contributed by atoms with E-state index in [1.54, 1.807) is 41.4 Å². The number of anilines is 1. The predicted octanol–water partition coefficient (Wildman–Crippen LogP) is 2.01. The number of hydrogen-bond donors (Lipinski definition) is 0. The van der Waals surface area contributed by atoms with Crippen LogP contribution in [0.1, 0.15) is 24.0 Å². The molecule has 0 atom stereocenters. The van der Waals surface area contributed by atoms with Gasteiger partial charge in [-0.25, -0.2) is 13.4 Å². The minimum atomic E-state index is -3.53. The van der Waals surface area contributed by atoms with Crippen LogP contribution in [0, 0.1) is 24.2 Å². The van der Waals surface area contributed by atoms with E-state index in [0.717, 1.165) is 37.3 Å². The molecule has 2 aliphatic rings. The molecule has 1 aromatic heterocycles. The quantitative estimate of drug-likeness (QED) is 0.703. The number of benzene rings is 1. The van der Waals surface area contributed by atoms with Crippen LogP contribution in [0.4, 0.5) is 5.82 Å². The third-order valence-corrected chi connectivity index (χ3v) is 8.17. The highest BCUT2D eigenvalue weighted by molar-refractivity contribution is 7.89. The molecule has 0 N–H and O–H groups in total. The molecule has 0 unspecified atom stereocenters. The van der Waals surface area contributed by atoms with Gasteiger partial charge in [-0.2, -0.15) is 9.57 Å². The number of sulfonamides is 1. The van der Waals surface area contributed by atoms with Gasteiger partial charge in [0.2, 0.25) is 15.9 Å². The first kappa shape index (κ1) is 22.2. The van der Waals surface area contributed by atoms with E-state index in [-0.39, 0.29) is 11.8 Å². The van der Waals surface area contributed by atoms with Crippen molar-refractivity contribution in [1.82, 2.24) is 14.2 Å². The van der Waals surface area contributed by atoms with Crippen molar-refractivity contribution in [1.29, 1.82) is 5.26 Å². The number of piperazine rings is 1. The van der Waals surface area contributed by atoms with Crippen LogP contribution in [0.5, 0.6) is 0 Å². The van der Waals surface area contributed by atoms with Crippen LogP contribution in [0.15, 0.2) is 47.5 Å². The van der Waals surface area contributed by atoms with E-state index in [2.05, 4.69) is 16.0 Å². The van der Waals surface area contributed by atoms with Gasteiger partial charge in [0.05, 0.1) is 10.5 Å². The van der Waals surface area contributed by atoms with Crippen LogP contribution in [0.2, 0.25) is 0 Å². The van der Waals surface area contributed by atoms with Gasteiger partial charge in [-0.05, 0) is 44.0 Å². The number of nitrogens with zero attached hydrogens (tertiary/aromatic N) is 5. The molecule has 9 heteroatoms. The summed E-state index contributed by atoms with van der Waals surface area (Å²) < 4.78 is 27.2. The number of rotatable bonds is 4. The molecule has 0 saturated carbocycles. The first-order chi connectivity index (χ1) is 15.4. The van der Waals surface area contributed by atoms with E-state index < -0.39 is 10.0 Å². The van der Waals surface area contributed by atoms with Gasteiger partial charge in [-0.3, -0.25) is 4.79 Å². The minimum absolute atomic E-state index is 0.0510. The average Bonchev–Trinajstić information content (AvgIpc) is 2.84. The number of piperidine rings is 1. The Balaban J connectivity index is 1.30. The molecule has 1 amide bonds. The van der Waals surface area contributed by atoms with Gasteiger partial charge in [-0.15, -0.1) is 0 Å². The average molecular weight is 454 g/mol. The maximum Gasteiger partial charge on any atom is 0.243 e. The Morgan fingerprint density at radius 2 is 1.66 bits per heavy atom. The number of pyridine rings is 1. The zero-order chi connectivity index (χ0) is 22.7. The monoisotopic (exact) mass is 453 g/mol. The van der Waals surface area contributed by atoms with Gasteiger partial charge in [0, 0.05) is 51.4 Å². The second kappa shape index (κ2) is 9.27. The van der Waals surface area contributed by atoms with Gasteiger partial charge < -0.3 is 9.80 Å². The van der Waals surface area contributed by atoms with Crippen LogP contribution in [-0.4, -0.2) is 67.8 Å². The lowest BCUT2D eigenvalue weighted by Crippen LogP contribution is -2.52. The molecule has 2 saturated heterocycles. The summed E-state index contributed by atoms with van der Waals surface area (Å²) in [5, 5.41) is 8.91. The normalized spacial score (nSPS) is 18.4. The first-order valence-corrected chi connectivity index (χ1v) is 12.3. The van der Waals surface area contributed by atoms with E-state index in [9.17, 15) is 13.2 Å². The third kappa shape index (κ3) is 4.61. The maximum absolute atomic E-state index is 13.0. The molecule has 8 nitrogen and oxygen atoms in total. The van der Waals surface area contributed by atoms with Crippen LogP contribution < -0.4 is 4.90 Å². The molecule has 2 aliphatic heterocycles. The number of carbonyl (C=O) groups is 1. The second-order valence-corrected chi connectivity index (χ2v) is 10.3. The summed E-state index contributed by atoms with van der Waals surface area (Å²) in [6, 6.07) is 12.5. The number of aryl methyl sites for hydroxylation is 1. The fraction of sp³-hybridized carbons (Fsp3) is 0.435. The molecule has 168 valence electrons. The van der Waals surface area contributed by atoms with E-state index in [1.165, 1.54) is 4.31 Å². The van der Waals surface area contributed by atoms with Gasteiger partial charge in [0.1, 0.15) is 11.9 Å². The lowest BCUT2D eigenvalue weighted by atomic mass is 9.95. The topological polar surface area (TPSA) is 97.6 Å². The molecule has 0 radical (unpaired) electrons.